The number of hydrogen-bond donors (Lipinski definition) is 1. The first-order valence-corrected chi connectivity index (χ1v) is 14.1. The maximum Gasteiger partial charge on any atom is 0.287 e. The highest BCUT2D eigenvalue weighted by atomic mass is 32.1. The van der Waals surface area contributed by atoms with Gasteiger partial charge in [-0.2, -0.15) is 16.3 Å². The topological polar surface area (TPSA) is 114 Å². The molecule has 5 rings (SSSR count). The van der Waals surface area contributed by atoms with Crippen LogP contribution in [-0.2, 0) is 4.79 Å². The lowest BCUT2D eigenvalue weighted by molar-refractivity contribution is -0.132. The first-order chi connectivity index (χ1) is 19.5. The fourth-order valence-corrected chi connectivity index (χ4v) is 5.14. The summed E-state index contributed by atoms with van der Waals surface area (Å²) in [6.07, 6.45) is 3.01. The number of carbonyl (C=O) groups is 2. The average molecular weight is 568 g/mol. The van der Waals surface area contributed by atoms with Crippen LogP contribution in [0.15, 0.2) is 62.4 Å². The molecule has 1 fully saturated rings. The predicted molar refractivity (Wildman–Crippen MR) is 146 cm³/mol. The number of rotatable bonds is 10. The quantitative estimate of drug-likeness (QED) is 0.282. The Bertz CT molecular complexity index is 1410. The number of hydrogen-bond acceptors (Lipinski definition) is 9. The van der Waals surface area contributed by atoms with Crippen LogP contribution in [0, 0.1) is 5.82 Å². The van der Waals surface area contributed by atoms with Crippen LogP contribution in [-0.4, -0.2) is 77.1 Å². The van der Waals surface area contributed by atoms with Gasteiger partial charge in [-0.15, -0.1) is 0 Å². The number of thiophene rings is 1. The van der Waals surface area contributed by atoms with Gasteiger partial charge in [0.15, 0.2) is 5.76 Å². The van der Waals surface area contributed by atoms with E-state index in [-0.39, 0.29) is 23.1 Å². The molecule has 0 unspecified atom stereocenters. The van der Waals surface area contributed by atoms with Crippen LogP contribution in [0.4, 0.5) is 4.39 Å². The summed E-state index contributed by atoms with van der Waals surface area (Å²) < 4.78 is 30.9. The molecule has 0 spiro atoms. The maximum absolute atomic E-state index is 14.8. The SMILES string of the molecule is C[C@H](NC(=O)c1ccco1)C(=O)N1CCCN(CCCOc2ccc(-c3noc(-c4ccsc4)n3)c(F)c2)CC1. The monoisotopic (exact) mass is 567 g/mol. The Hall–Kier alpha value is -4.03. The summed E-state index contributed by atoms with van der Waals surface area (Å²) in [5, 5.41) is 10.4. The fourth-order valence-electron chi connectivity index (χ4n) is 4.51. The van der Waals surface area contributed by atoms with E-state index in [2.05, 4.69) is 20.4 Å². The van der Waals surface area contributed by atoms with Gasteiger partial charge in [0.1, 0.15) is 17.6 Å². The molecule has 0 radical (unpaired) electrons. The highest BCUT2D eigenvalue weighted by Crippen LogP contribution is 2.27. The van der Waals surface area contributed by atoms with Crippen molar-refractivity contribution in [3.63, 3.8) is 0 Å². The molecule has 1 atom stereocenters. The Labute approximate surface area is 234 Å². The Morgan fingerprint density at radius 1 is 1.20 bits per heavy atom. The van der Waals surface area contributed by atoms with E-state index < -0.39 is 17.8 Å². The van der Waals surface area contributed by atoms with Crippen molar-refractivity contribution in [2.45, 2.75) is 25.8 Å². The highest BCUT2D eigenvalue weighted by molar-refractivity contribution is 7.08. The normalized spacial score (nSPS) is 15.0. The van der Waals surface area contributed by atoms with Gasteiger partial charge >= 0.3 is 0 Å². The van der Waals surface area contributed by atoms with Crippen molar-refractivity contribution in [2.75, 3.05) is 39.3 Å². The number of nitrogens with one attached hydrogen (secondary N) is 1. The summed E-state index contributed by atoms with van der Waals surface area (Å²) in [5.74, 6) is 0.145. The molecule has 2 amide bonds. The lowest BCUT2D eigenvalue weighted by Gasteiger charge is -2.25. The molecule has 1 aliphatic rings. The van der Waals surface area contributed by atoms with E-state index in [9.17, 15) is 14.0 Å². The van der Waals surface area contributed by atoms with E-state index in [1.54, 1.807) is 36.1 Å². The third-order valence-corrected chi connectivity index (χ3v) is 7.31. The first-order valence-electron chi connectivity index (χ1n) is 13.1. The molecule has 12 heteroatoms. The maximum atomic E-state index is 14.8. The minimum atomic E-state index is -0.646. The number of nitrogens with zero attached hydrogens (tertiary/aromatic N) is 4. The second-order valence-electron chi connectivity index (χ2n) is 9.47. The largest absolute Gasteiger partial charge is 0.493 e. The summed E-state index contributed by atoms with van der Waals surface area (Å²) in [6, 6.07) is 9.02. The van der Waals surface area contributed by atoms with Gasteiger partial charge in [-0.1, -0.05) is 5.16 Å². The third kappa shape index (κ3) is 6.75. The zero-order valence-corrected chi connectivity index (χ0v) is 22.9. The molecular weight excluding hydrogens is 537 g/mol. The van der Waals surface area contributed by atoms with Gasteiger partial charge in [0.25, 0.3) is 11.8 Å². The minimum Gasteiger partial charge on any atom is -0.493 e. The van der Waals surface area contributed by atoms with Crippen LogP contribution in [0.25, 0.3) is 22.8 Å². The Kier molecular flexibility index (Phi) is 8.87. The molecule has 40 heavy (non-hydrogen) atoms. The molecule has 210 valence electrons. The molecule has 0 bridgehead atoms. The van der Waals surface area contributed by atoms with Crippen molar-refractivity contribution in [3.8, 4) is 28.6 Å². The molecular formula is C28H30FN5O5S. The number of halogens is 1. The van der Waals surface area contributed by atoms with E-state index in [0.717, 1.165) is 38.0 Å². The number of benzene rings is 1. The molecule has 1 N–H and O–H groups in total. The number of carbonyl (C=O) groups excluding carboxylic acids is 2. The second-order valence-corrected chi connectivity index (χ2v) is 10.3. The number of furan rings is 1. The Morgan fingerprint density at radius 2 is 2.10 bits per heavy atom. The molecule has 3 aromatic heterocycles. The van der Waals surface area contributed by atoms with Crippen LogP contribution in [0.5, 0.6) is 5.75 Å². The first kappa shape index (κ1) is 27.5. The van der Waals surface area contributed by atoms with Crippen molar-refractivity contribution >= 4 is 23.2 Å². The minimum absolute atomic E-state index is 0.112. The van der Waals surface area contributed by atoms with Crippen molar-refractivity contribution in [1.29, 1.82) is 0 Å². The summed E-state index contributed by atoms with van der Waals surface area (Å²) in [4.78, 5) is 33.4. The van der Waals surface area contributed by atoms with Gasteiger partial charge in [-0.25, -0.2) is 4.39 Å². The summed E-state index contributed by atoms with van der Waals surface area (Å²) in [5.41, 5.74) is 1.05. The molecule has 0 saturated carbocycles. The van der Waals surface area contributed by atoms with Crippen molar-refractivity contribution < 1.29 is 27.7 Å². The smallest absolute Gasteiger partial charge is 0.287 e. The van der Waals surface area contributed by atoms with E-state index in [1.807, 2.05) is 16.8 Å². The summed E-state index contributed by atoms with van der Waals surface area (Å²) >= 11 is 1.52. The highest BCUT2D eigenvalue weighted by Gasteiger charge is 2.25. The summed E-state index contributed by atoms with van der Waals surface area (Å²) in [6.45, 7) is 5.71. The molecule has 1 aromatic carbocycles. The predicted octanol–water partition coefficient (Wildman–Crippen LogP) is 4.32. The third-order valence-electron chi connectivity index (χ3n) is 6.63. The van der Waals surface area contributed by atoms with Crippen molar-refractivity contribution in [1.82, 2.24) is 25.3 Å². The fraction of sp³-hybridized carbons (Fsp3) is 0.357. The van der Waals surface area contributed by atoms with Gasteiger partial charge in [0.2, 0.25) is 11.7 Å². The Morgan fingerprint density at radius 3 is 2.88 bits per heavy atom. The van der Waals surface area contributed by atoms with E-state index >= 15 is 0 Å². The molecule has 4 aromatic rings. The Balaban J connectivity index is 1.04. The number of amides is 2. The molecule has 10 nitrogen and oxygen atoms in total. The molecule has 0 aliphatic carbocycles. The van der Waals surface area contributed by atoms with E-state index in [0.29, 0.717) is 31.3 Å². The summed E-state index contributed by atoms with van der Waals surface area (Å²) in [7, 11) is 0. The zero-order chi connectivity index (χ0) is 27.9. The van der Waals surface area contributed by atoms with Crippen LogP contribution in [0.3, 0.4) is 0 Å². The van der Waals surface area contributed by atoms with Gasteiger partial charge in [0.05, 0.1) is 24.0 Å². The van der Waals surface area contributed by atoms with Gasteiger partial charge < -0.3 is 28.8 Å². The van der Waals surface area contributed by atoms with Gasteiger partial charge in [-0.05, 0) is 62.0 Å². The van der Waals surface area contributed by atoms with Crippen LogP contribution in [0.2, 0.25) is 0 Å². The molecule has 4 heterocycles. The molecule has 1 saturated heterocycles. The van der Waals surface area contributed by atoms with Crippen LogP contribution in [0.1, 0.15) is 30.3 Å². The lowest BCUT2D eigenvalue weighted by atomic mass is 10.2. The van der Waals surface area contributed by atoms with Gasteiger partial charge in [0, 0.05) is 37.6 Å². The number of aromatic nitrogens is 2. The van der Waals surface area contributed by atoms with E-state index in [1.165, 1.54) is 23.7 Å². The average Bonchev–Trinajstić information content (AvgIpc) is 3.73. The second kappa shape index (κ2) is 12.9. The zero-order valence-electron chi connectivity index (χ0n) is 22.0. The van der Waals surface area contributed by atoms with Gasteiger partial charge in [-0.3, -0.25) is 9.59 Å². The van der Waals surface area contributed by atoms with Crippen molar-refractivity contribution in [3.05, 3.63) is 65.0 Å². The van der Waals surface area contributed by atoms with Crippen molar-refractivity contribution in [2.24, 2.45) is 0 Å². The standard InChI is InChI=1S/C28H30FN5O5S/c1-19(30-26(35)24-5-2-14-38-24)28(36)34-11-3-9-33(12-13-34)10-4-15-37-21-6-7-22(23(29)17-21)25-31-27(39-32-25)20-8-16-40-18-20/h2,5-8,14,16-19H,3-4,9-13,15H2,1H3,(H,30,35)/t19-/m0/s1. The van der Waals surface area contributed by atoms with Crippen LogP contribution < -0.4 is 10.1 Å². The van der Waals surface area contributed by atoms with E-state index in [4.69, 9.17) is 13.7 Å². The molecule has 1 aliphatic heterocycles. The lowest BCUT2D eigenvalue weighted by Crippen LogP contribution is -2.48. The van der Waals surface area contributed by atoms with Crippen LogP contribution >= 0.6 is 11.3 Å². The number of ether oxygens (including phenoxy) is 1.